The summed E-state index contributed by atoms with van der Waals surface area (Å²) in [5.74, 6) is 0.207. The Bertz CT molecular complexity index is 279. The van der Waals surface area contributed by atoms with Crippen LogP contribution in [0, 0.1) is 0 Å². The van der Waals surface area contributed by atoms with Crippen molar-refractivity contribution >= 4 is 12.2 Å². The van der Waals surface area contributed by atoms with Gasteiger partial charge in [0, 0.05) is 19.4 Å². The van der Waals surface area contributed by atoms with Crippen LogP contribution in [0.25, 0.3) is 0 Å². The van der Waals surface area contributed by atoms with E-state index in [1.165, 1.54) is 57.8 Å². The molecule has 24 heavy (non-hydrogen) atoms. The van der Waals surface area contributed by atoms with Crippen LogP contribution in [0.3, 0.4) is 0 Å². The lowest BCUT2D eigenvalue weighted by molar-refractivity contribution is -0.121. The van der Waals surface area contributed by atoms with Gasteiger partial charge >= 0.3 is 0 Å². The zero-order valence-electron chi connectivity index (χ0n) is 16.1. The van der Waals surface area contributed by atoms with Crippen LogP contribution < -0.4 is 5.32 Å². The molecule has 0 aliphatic heterocycles. The minimum atomic E-state index is 0.207. The average molecular weight is 340 g/mol. The van der Waals surface area contributed by atoms with Gasteiger partial charge in [0.2, 0.25) is 5.91 Å². The molecule has 3 heteroatoms. The number of carbonyl (C=O) groups is 2. The summed E-state index contributed by atoms with van der Waals surface area (Å²) in [7, 11) is 0. The first-order chi connectivity index (χ1) is 11.8. The second-order valence-electron chi connectivity index (χ2n) is 7.01. The Balaban J connectivity index is 3.13. The smallest absolute Gasteiger partial charge is 0.219 e. The van der Waals surface area contributed by atoms with Crippen molar-refractivity contribution in [2.75, 3.05) is 6.54 Å². The molecule has 0 atom stereocenters. The van der Waals surface area contributed by atoms with Crippen LogP contribution in [-0.2, 0) is 9.59 Å². The number of unbranched alkanes of at least 4 members (excludes halogenated alkanes) is 14. The van der Waals surface area contributed by atoms with Crippen LogP contribution in [0.2, 0.25) is 0 Å². The van der Waals surface area contributed by atoms with E-state index in [2.05, 4.69) is 12.2 Å². The third-order valence-corrected chi connectivity index (χ3v) is 4.58. The van der Waals surface area contributed by atoms with Gasteiger partial charge in [-0.1, -0.05) is 84.0 Å². The van der Waals surface area contributed by atoms with Gasteiger partial charge in [0.25, 0.3) is 0 Å². The third-order valence-electron chi connectivity index (χ3n) is 4.58. The molecule has 0 unspecified atom stereocenters. The van der Waals surface area contributed by atoms with E-state index >= 15 is 0 Å². The van der Waals surface area contributed by atoms with Crippen LogP contribution in [0.4, 0.5) is 0 Å². The van der Waals surface area contributed by atoms with Crippen molar-refractivity contribution in [3.05, 3.63) is 0 Å². The minimum Gasteiger partial charge on any atom is -0.356 e. The lowest BCUT2D eigenvalue weighted by Crippen LogP contribution is -2.23. The number of carbonyl (C=O) groups excluding carboxylic acids is 2. The van der Waals surface area contributed by atoms with Gasteiger partial charge in [-0.3, -0.25) is 4.79 Å². The van der Waals surface area contributed by atoms with Crippen molar-refractivity contribution in [1.82, 2.24) is 5.32 Å². The van der Waals surface area contributed by atoms with Gasteiger partial charge in [0.05, 0.1) is 0 Å². The van der Waals surface area contributed by atoms with Crippen molar-refractivity contribution in [3.8, 4) is 0 Å². The highest BCUT2D eigenvalue weighted by Gasteiger charge is 2.00. The predicted molar refractivity (Wildman–Crippen MR) is 103 cm³/mol. The molecule has 3 nitrogen and oxygen atoms in total. The van der Waals surface area contributed by atoms with Crippen molar-refractivity contribution in [1.29, 1.82) is 0 Å². The first-order valence-corrected chi connectivity index (χ1v) is 10.5. The number of hydrogen-bond acceptors (Lipinski definition) is 2. The van der Waals surface area contributed by atoms with E-state index in [-0.39, 0.29) is 5.91 Å². The first kappa shape index (κ1) is 23.1. The number of hydrogen-bond donors (Lipinski definition) is 1. The fourth-order valence-electron chi connectivity index (χ4n) is 2.97. The Labute approximate surface area is 150 Å². The average Bonchev–Trinajstić information content (AvgIpc) is 2.59. The first-order valence-electron chi connectivity index (χ1n) is 10.5. The molecule has 0 spiro atoms. The summed E-state index contributed by atoms with van der Waals surface area (Å²) in [4.78, 5) is 21.9. The maximum atomic E-state index is 11.7. The van der Waals surface area contributed by atoms with Gasteiger partial charge < -0.3 is 10.1 Å². The Morgan fingerprint density at radius 3 is 1.79 bits per heavy atom. The summed E-state index contributed by atoms with van der Waals surface area (Å²) < 4.78 is 0. The Kier molecular flexibility index (Phi) is 19.5. The largest absolute Gasteiger partial charge is 0.356 e. The van der Waals surface area contributed by atoms with Crippen LogP contribution in [0.5, 0.6) is 0 Å². The van der Waals surface area contributed by atoms with E-state index in [9.17, 15) is 9.59 Å². The van der Waals surface area contributed by atoms with Gasteiger partial charge in [-0.2, -0.15) is 0 Å². The normalized spacial score (nSPS) is 10.7. The fraction of sp³-hybridized carbons (Fsp3) is 0.905. The van der Waals surface area contributed by atoms with Crippen molar-refractivity contribution in [2.24, 2.45) is 0 Å². The second kappa shape index (κ2) is 20.2. The molecular formula is C21H41NO2. The molecule has 0 aliphatic rings. The molecule has 0 aromatic heterocycles. The maximum Gasteiger partial charge on any atom is 0.219 e. The molecule has 142 valence electrons. The second-order valence-corrected chi connectivity index (χ2v) is 7.01. The quantitative estimate of drug-likeness (QED) is 0.233. The minimum absolute atomic E-state index is 0.207. The summed E-state index contributed by atoms with van der Waals surface area (Å²) in [5, 5.41) is 3.03. The van der Waals surface area contributed by atoms with Gasteiger partial charge in [0.15, 0.2) is 0 Å². The topological polar surface area (TPSA) is 46.2 Å². The molecule has 0 rings (SSSR count). The summed E-state index contributed by atoms with van der Waals surface area (Å²) in [6.07, 6.45) is 21.0. The van der Waals surface area contributed by atoms with Crippen molar-refractivity contribution < 1.29 is 9.59 Å². The molecule has 1 amide bonds. The number of aldehydes is 1. The van der Waals surface area contributed by atoms with Crippen LogP contribution >= 0.6 is 0 Å². The van der Waals surface area contributed by atoms with E-state index in [0.717, 1.165) is 51.4 Å². The Morgan fingerprint density at radius 2 is 1.21 bits per heavy atom. The monoisotopic (exact) mass is 339 g/mol. The Hall–Kier alpha value is -0.860. The van der Waals surface area contributed by atoms with Crippen LogP contribution in [0.1, 0.15) is 116 Å². The van der Waals surface area contributed by atoms with Crippen LogP contribution in [-0.4, -0.2) is 18.7 Å². The van der Waals surface area contributed by atoms with Gasteiger partial charge in [-0.15, -0.1) is 0 Å². The molecule has 0 saturated heterocycles. The van der Waals surface area contributed by atoms with E-state index < -0.39 is 0 Å². The maximum absolute atomic E-state index is 11.7. The van der Waals surface area contributed by atoms with Gasteiger partial charge in [-0.25, -0.2) is 0 Å². The van der Waals surface area contributed by atoms with E-state index in [4.69, 9.17) is 0 Å². The molecule has 0 aromatic rings. The summed E-state index contributed by atoms with van der Waals surface area (Å²) in [5.41, 5.74) is 0. The SMILES string of the molecule is CCCCCCCCCCCCNC(=O)CCCCCCCC=O. The van der Waals surface area contributed by atoms with Crippen molar-refractivity contribution in [3.63, 3.8) is 0 Å². The van der Waals surface area contributed by atoms with E-state index in [1.807, 2.05) is 0 Å². The summed E-state index contributed by atoms with van der Waals surface area (Å²) in [6, 6.07) is 0. The zero-order chi connectivity index (χ0) is 17.7. The molecule has 1 N–H and O–H groups in total. The lowest BCUT2D eigenvalue weighted by atomic mass is 10.1. The zero-order valence-corrected chi connectivity index (χ0v) is 16.1. The summed E-state index contributed by atoms with van der Waals surface area (Å²) >= 11 is 0. The standard InChI is InChI=1S/C21H41NO2/c1-2-3-4-5-6-7-8-10-13-16-19-22-21(24)18-15-12-9-11-14-17-20-23/h20H,2-19H2,1H3,(H,22,24). The lowest BCUT2D eigenvalue weighted by Gasteiger charge is -2.05. The summed E-state index contributed by atoms with van der Waals surface area (Å²) in [6.45, 7) is 3.10. The Morgan fingerprint density at radius 1 is 0.708 bits per heavy atom. The molecule has 0 fully saturated rings. The van der Waals surface area contributed by atoms with Gasteiger partial charge in [0.1, 0.15) is 6.29 Å². The molecule has 0 aliphatic carbocycles. The van der Waals surface area contributed by atoms with E-state index in [0.29, 0.717) is 12.8 Å². The molecular weight excluding hydrogens is 298 g/mol. The molecule has 0 heterocycles. The molecule has 0 saturated carbocycles. The predicted octanol–water partition coefficient (Wildman–Crippen LogP) is 5.95. The number of amides is 1. The molecule has 0 aromatic carbocycles. The number of rotatable bonds is 19. The highest BCUT2D eigenvalue weighted by Crippen LogP contribution is 2.10. The highest BCUT2D eigenvalue weighted by molar-refractivity contribution is 5.75. The highest BCUT2D eigenvalue weighted by atomic mass is 16.1. The molecule has 0 bridgehead atoms. The third kappa shape index (κ3) is 19.2. The van der Waals surface area contributed by atoms with Crippen LogP contribution in [0.15, 0.2) is 0 Å². The fourth-order valence-corrected chi connectivity index (χ4v) is 2.97. The van der Waals surface area contributed by atoms with Gasteiger partial charge in [-0.05, 0) is 19.3 Å². The molecule has 0 radical (unpaired) electrons. The van der Waals surface area contributed by atoms with Crippen molar-refractivity contribution in [2.45, 2.75) is 116 Å². The van der Waals surface area contributed by atoms with E-state index in [1.54, 1.807) is 0 Å². The number of nitrogens with one attached hydrogen (secondary N) is 1.